The van der Waals surface area contributed by atoms with Gasteiger partial charge in [0.15, 0.2) is 0 Å². The summed E-state index contributed by atoms with van der Waals surface area (Å²) in [4.78, 5) is 14.0. The molecule has 3 rings (SSSR count). The molecule has 0 radical (unpaired) electrons. The Balaban J connectivity index is 1.63. The highest BCUT2D eigenvalue weighted by molar-refractivity contribution is 5.94. The second-order valence-electron chi connectivity index (χ2n) is 6.14. The van der Waals surface area contributed by atoms with E-state index in [0.29, 0.717) is 25.9 Å². The van der Waals surface area contributed by atoms with Crippen LogP contribution in [0.15, 0.2) is 48.5 Å². The molecule has 3 nitrogen and oxygen atoms in total. The van der Waals surface area contributed by atoms with E-state index in [1.807, 2.05) is 30.3 Å². The van der Waals surface area contributed by atoms with Crippen molar-refractivity contribution in [3.05, 3.63) is 71.3 Å². The molecule has 0 aliphatic carbocycles. The van der Waals surface area contributed by atoms with Crippen molar-refractivity contribution < 1.29 is 18.7 Å². The second-order valence-corrected chi connectivity index (χ2v) is 6.14. The van der Waals surface area contributed by atoms with Crippen molar-refractivity contribution in [2.45, 2.75) is 18.9 Å². The standard InChI is InChI=1S/C19H19F2NO2/c20-16-10-15(11-17(21)12-16)19(24)22-8-6-14(7-9-22)18(23)13-4-2-1-3-5-13/h1-5,10-12,14,18,23H,6-9H2/t18-/m1/s1. The van der Waals surface area contributed by atoms with Gasteiger partial charge in [0.25, 0.3) is 5.91 Å². The molecule has 1 N–H and O–H groups in total. The number of hydrogen-bond acceptors (Lipinski definition) is 2. The third kappa shape index (κ3) is 3.62. The Morgan fingerprint density at radius 1 is 1.04 bits per heavy atom. The van der Waals surface area contributed by atoms with Crippen LogP contribution in [0.5, 0.6) is 0 Å². The summed E-state index contributed by atoms with van der Waals surface area (Å²) in [7, 11) is 0. The van der Waals surface area contributed by atoms with Crippen LogP contribution in [0.1, 0.15) is 34.9 Å². The molecule has 1 heterocycles. The van der Waals surface area contributed by atoms with Crippen molar-refractivity contribution in [3.63, 3.8) is 0 Å². The number of aliphatic hydroxyl groups excluding tert-OH is 1. The Kier molecular flexibility index (Phi) is 4.90. The average molecular weight is 331 g/mol. The SMILES string of the molecule is O=C(c1cc(F)cc(F)c1)N1CCC([C@H](O)c2ccccc2)CC1. The molecule has 1 fully saturated rings. The molecule has 5 heteroatoms. The van der Waals surface area contributed by atoms with Crippen LogP contribution in [0.25, 0.3) is 0 Å². The maximum Gasteiger partial charge on any atom is 0.254 e. The number of hydrogen-bond donors (Lipinski definition) is 1. The van der Waals surface area contributed by atoms with Gasteiger partial charge in [-0.15, -0.1) is 0 Å². The van der Waals surface area contributed by atoms with E-state index in [-0.39, 0.29) is 17.4 Å². The smallest absolute Gasteiger partial charge is 0.254 e. The van der Waals surface area contributed by atoms with Gasteiger partial charge in [-0.05, 0) is 36.5 Å². The van der Waals surface area contributed by atoms with E-state index in [9.17, 15) is 18.7 Å². The van der Waals surface area contributed by atoms with E-state index in [4.69, 9.17) is 0 Å². The first-order valence-electron chi connectivity index (χ1n) is 8.03. The third-order valence-corrected chi connectivity index (χ3v) is 4.52. The first-order chi connectivity index (χ1) is 11.5. The van der Waals surface area contributed by atoms with Gasteiger partial charge < -0.3 is 10.0 Å². The fourth-order valence-corrected chi connectivity index (χ4v) is 3.20. The molecule has 24 heavy (non-hydrogen) atoms. The summed E-state index contributed by atoms with van der Waals surface area (Å²) in [6.45, 7) is 0.928. The minimum Gasteiger partial charge on any atom is -0.388 e. The predicted molar refractivity (Wildman–Crippen MR) is 86.4 cm³/mol. The Bertz CT molecular complexity index is 692. The molecule has 0 aromatic heterocycles. The summed E-state index contributed by atoms with van der Waals surface area (Å²) >= 11 is 0. The normalized spacial score (nSPS) is 16.9. The van der Waals surface area contributed by atoms with Gasteiger partial charge in [-0.3, -0.25) is 4.79 Å². The minimum absolute atomic E-state index is 0.0227. The van der Waals surface area contributed by atoms with Crippen LogP contribution in [0.3, 0.4) is 0 Å². The predicted octanol–water partition coefficient (Wildman–Crippen LogP) is 3.55. The van der Waals surface area contributed by atoms with Gasteiger partial charge in [0.05, 0.1) is 6.10 Å². The molecule has 0 saturated carbocycles. The summed E-state index contributed by atoms with van der Waals surface area (Å²) in [5.41, 5.74) is 0.893. The number of nitrogens with zero attached hydrogens (tertiary/aromatic N) is 1. The fraction of sp³-hybridized carbons (Fsp3) is 0.316. The number of likely N-dealkylation sites (tertiary alicyclic amines) is 1. The summed E-state index contributed by atoms with van der Waals surface area (Å²) < 4.78 is 26.5. The number of piperidine rings is 1. The van der Waals surface area contributed by atoms with Crippen LogP contribution in [-0.4, -0.2) is 29.0 Å². The summed E-state index contributed by atoms with van der Waals surface area (Å²) in [6, 6.07) is 12.3. The fourth-order valence-electron chi connectivity index (χ4n) is 3.20. The molecular weight excluding hydrogens is 312 g/mol. The maximum absolute atomic E-state index is 13.3. The molecule has 1 aliphatic rings. The first kappa shape index (κ1) is 16.6. The van der Waals surface area contributed by atoms with Crippen molar-refractivity contribution >= 4 is 5.91 Å². The molecule has 0 unspecified atom stereocenters. The van der Waals surface area contributed by atoms with Crippen LogP contribution in [0, 0.1) is 17.6 Å². The number of benzene rings is 2. The molecule has 0 bridgehead atoms. The summed E-state index contributed by atoms with van der Waals surface area (Å²) in [5.74, 6) is -1.82. The molecule has 1 atom stereocenters. The lowest BCUT2D eigenvalue weighted by Crippen LogP contribution is -2.39. The molecule has 126 valence electrons. The molecule has 2 aromatic carbocycles. The van der Waals surface area contributed by atoms with Crippen molar-refractivity contribution in [2.75, 3.05) is 13.1 Å². The van der Waals surface area contributed by atoms with Gasteiger partial charge >= 0.3 is 0 Å². The summed E-state index contributed by atoms with van der Waals surface area (Å²) in [6.07, 6.45) is 0.745. The number of rotatable bonds is 3. The Hall–Kier alpha value is -2.27. The number of amides is 1. The topological polar surface area (TPSA) is 40.5 Å². The van der Waals surface area contributed by atoms with Gasteiger partial charge in [0.2, 0.25) is 0 Å². The zero-order valence-corrected chi connectivity index (χ0v) is 13.2. The summed E-state index contributed by atoms with van der Waals surface area (Å²) in [5, 5.41) is 10.5. The minimum atomic E-state index is -0.757. The highest BCUT2D eigenvalue weighted by atomic mass is 19.1. The van der Waals surface area contributed by atoms with E-state index in [1.165, 1.54) is 0 Å². The number of carbonyl (C=O) groups is 1. The van der Waals surface area contributed by atoms with Crippen molar-refractivity contribution in [1.29, 1.82) is 0 Å². The van der Waals surface area contributed by atoms with E-state index in [1.54, 1.807) is 4.90 Å². The number of aliphatic hydroxyl groups is 1. The Labute approximate surface area is 139 Å². The van der Waals surface area contributed by atoms with Gasteiger partial charge in [0, 0.05) is 24.7 Å². The quantitative estimate of drug-likeness (QED) is 0.934. The van der Waals surface area contributed by atoms with Gasteiger partial charge in [0.1, 0.15) is 11.6 Å². The van der Waals surface area contributed by atoms with Crippen LogP contribution in [-0.2, 0) is 0 Å². The van der Waals surface area contributed by atoms with Crippen molar-refractivity contribution in [2.24, 2.45) is 5.92 Å². The first-order valence-corrected chi connectivity index (χ1v) is 8.03. The van der Waals surface area contributed by atoms with Crippen molar-refractivity contribution in [1.82, 2.24) is 4.90 Å². The van der Waals surface area contributed by atoms with E-state index < -0.39 is 17.7 Å². The third-order valence-electron chi connectivity index (χ3n) is 4.52. The molecular formula is C19H19F2NO2. The van der Waals surface area contributed by atoms with Gasteiger partial charge in [-0.1, -0.05) is 30.3 Å². The van der Waals surface area contributed by atoms with E-state index in [2.05, 4.69) is 0 Å². The Morgan fingerprint density at radius 3 is 2.21 bits per heavy atom. The lowest BCUT2D eigenvalue weighted by Gasteiger charge is -2.34. The molecule has 2 aromatic rings. The number of halogens is 2. The largest absolute Gasteiger partial charge is 0.388 e. The maximum atomic E-state index is 13.3. The van der Waals surface area contributed by atoms with Gasteiger partial charge in [-0.2, -0.15) is 0 Å². The van der Waals surface area contributed by atoms with Crippen LogP contribution < -0.4 is 0 Å². The monoisotopic (exact) mass is 331 g/mol. The van der Waals surface area contributed by atoms with Crippen LogP contribution in [0.4, 0.5) is 8.78 Å². The van der Waals surface area contributed by atoms with E-state index >= 15 is 0 Å². The molecule has 0 spiro atoms. The average Bonchev–Trinajstić information content (AvgIpc) is 2.60. The molecule has 1 amide bonds. The lowest BCUT2D eigenvalue weighted by molar-refractivity contribution is 0.0462. The molecule has 1 aliphatic heterocycles. The Morgan fingerprint density at radius 2 is 1.62 bits per heavy atom. The highest BCUT2D eigenvalue weighted by Crippen LogP contribution is 2.31. The molecule has 1 saturated heterocycles. The second kappa shape index (κ2) is 7.09. The van der Waals surface area contributed by atoms with Crippen molar-refractivity contribution in [3.8, 4) is 0 Å². The zero-order chi connectivity index (χ0) is 17.1. The number of carbonyl (C=O) groups excluding carboxylic acids is 1. The van der Waals surface area contributed by atoms with Crippen LogP contribution >= 0.6 is 0 Å². The van der Waals surface area contributed by atoms with Gasteiger partial charge in [-0.25, -0.2) is 8.78 Å². The highest BCUT2D eigenvalue weighted by Gasteiger charge is 2.28. The van der Waals surface area contributed by atoms with E-state index in [0.717, 1.165) is 23.8 Å². The zero-order valence-electron chi connectivity index (χ0n) is 13.2. The lowest BCUT2D eigenvalue weighted by atomic mass is 9.87. The van der Waals surface area contributed by atoms with Crippen LogP contribution in [0.2, 0.25) is 0 Å².